The van der Waals surface area contributed by atoms with Crippen molar-refractivity contribution in [3.05, 3.63) is 35.2 Å². The van der Waals surface area contributed by atoms with Crippen molar-refractivity contribution in [3.63, 3.8) is 0 Å². The Bertz CT molecular complexity index is 911. The van der Waals surface area contributed by atoms with Crippen molar-refractivity contribution < 1.29 is 4.39 Å². The topological polar surface area (TPSA) is 92.5 Å². The normalized spacial score (nSPS) is 20.8. The van der Waals surface area contributed by atoms with E-state index in [0.29, 0.717) is 28.2 Å². The van der Waals surface area contributed by atoms with Gasteiger partial charge >= 0.3 is 0 Å². The van der Waals surface area contributed by atoms with Gasteiger partial charge in [0.25, 0.3) is 0 Å². The summed E-state index contributed by atoms with van der Waals surface area (Å²) in [5, 5.41) is 10.4. The average Bonchev–Trinajstić information content (AvgIpc) is 3.02. The Balaban J connectivity index is 1.66. The molecule has 1 aliphatic carbocycles. The van der Waals surface area contributed by atoms with Gasteiger partial charge in [0.2, 0.25) is 5.65 Å². The second-order valence-electron chi connectivity index (χ2n) is 6.33. The molecule has 0 bridgehead atoms. The Morgan fingerprint density at radius 3 is 2.96 bits per heavy atom. The molecule has 1 fully saturated rings. The van der Waals surface area contributed by atoms with Crippen molar-refractivity contribution in [2.75, 3.05) is 5.32 Å². The zero-order valence-electron chi connectivity index (χ0n) is 13.5. The molecule has 25 heavy (non-hydrogen) atoms. The number of hydrogen-bond donors (Lipinski definition) is 3. The van der Waals surface area contributed by atoms with Crippen molar-refractivity contribution in [1.82, 2.24) is 20.2 Å². The molecule has 3 aromatic rings. The minimum Gasteiger partial charge on any atom is -0.364 e. The molecular weight excluding hydrogens is 343 g/mol. The van der Waals surface area contributed by atoms with E-state index in [1.54, 1.807) is 18.3 Å². The van der Waals surface area contributed by atoms with Crippen LogP contribution in [0.2, 0.25) is 5.02 Å². The SMILES string of the molecule is N[C@H]1CCCC[C@@H]1Nc1cnc2c(-c3cccc(Cl)c3F)[nH]nc2n1. The van der Waals surface area contributed by atoms with Gasteiger partial charge in [-0.1, -0.05) is 30.5 Å². The molecule has 8 heteroatoms. The van der Waals surface area contributed by atoms with Gasteiger partial charge in [-0.3, -0.25) is 5.10 Å². The highest BCUT2D eigenvalue weighted by atomic mass is 35.5. The minimum atomic E-state index is -0.508. The Hall–Kier alpha value is -2.25. The third-order valence-electron chi connectivity index (χ3n) is 4.64. The quantitative estimate of drug-likeness (QED) is 0.664. The highest BCUT2D eigenvalue weighted by Gasteiger charge is 2.22. The average molecular weight is 361 g/mol. The Morgan fingerprint density at radius 1 is 1.28 bits per heavy atom. The molecule has 1 aromatic carbocycles. The standard InChI is InChI=1S/C17H18ClFN6/c18-10-5-3-4-9(14(10)19)15-16-17(25-24-15)23-13(8-21-16)22-12-7-2-1-6-11(12)20/h3-5,8,11-12H,1-2,6-7,20H2,(H2,22,23,24,25)/t11-,12-/m0/s1. The maximum absolute atomic E-state index is 14.3. The van der Waals surface area contributed by atoms with E-state index in [4.69, 9.17) is 17.3 Å². The van der Waals surface area contributed by atoms with Gasteiger partial charge in [-0.25, -0.2) is 14.4 Å². The molecule has 2 heterocycles. The summed E-state index contributed by atoms with van der Waals surface area (Å²) in [7, 11) is 0. The number of aromatic amines is 1. The molecule has 6 nitrogen and oxygen atoms in total. The molecule has 130 valence electrons. The van der Waals surface area contributed by atoms with E-state index in [-0.39, 0.29) is 17.1 Å². The number of nitrogens with two attached hydrogens (primary N) is 1. The number of nitrogens with zero attached hydrogens (tertiary/aromatic N) is 3. The predicted octanol–water partition coefficient (Wildman–Crippen LogP) is 3.49. The molecular formula is C17H18ClFN6. The Morgan fingerprint density at radius 2 is 2.12 bits per heavy atom. The number of anilines is 1. The van der Waals surface area contributed by atoms with Crippen LogP contribution in [-0.4, -0.2) is 32.2 Å². The first-order chi connectivity index (χ1) is 12.1. The maximum atomic E-state index is 14.3. The largest absolute Gasteiger partial charge is 0.364 e. The summed E-state index contributed by atoms with van der Waals surface area (Å²) in [5.74, 6) is 0.117. The first-order valence-corrected chi connectivity index (χ1v) is 8.69. The van der Waals surface area contributed by atoms with Crippen LogP contribution >= 0.6 is 11.6 Å². The van der Waals surface area contributed by atoms with Crippen molar-refractivity contribution in [3.8, 4) is 11.3 Å². The van der Waals surface area contributed by atoms with Gasteiger partial charge in [0.15, 0.2) is 5.82 Å². The van der Waals surface area contributed by atoms with Gasteiger partial charge < -0.3 is 11.1 Å². The molecule has 0 aliphatic heterocycles. The van der Waals surface area contributed by atoms with Gasteiger partial charge in [0.1, 0.15) is 11.3 Å². The van der Waals surface area contributed by atoms with Crippen molar-refractivity contribution in [1.29, 1.82) is 0 Å². The molecule has 0 spiro atoms. The zero-order chi connectivity index (χ0) is 17.4. The molecule has 0 saturated heterocycles. The second-order valence-corrected chi connectivity index (χ2v) is 6.73. The van der Waals surface area contributed by atoms with Crippen LogP contribution in [0, 0.1) is 5.82 Å². The summed E-state index contributed by atoms with van der Waals surface area (Å²) in [6.07, 6.45) is 5.97. The van der Waals surface area contributed by atoms with E-state index in [9.17, 15) is 4.39 Å². The maximum Gasteiger partial charge on any atom is 0.202 e. The van der Waals surface area contributed by atoms with E-state index in [0.717, 1.165) is 25.7 Å². The fraction of sp³-hybridized carbons (Fsp3) is 0.353. The number of nitrogens with one attached hydrogen (secondary N) is 2. The molecule has 1 saturated carbocycles. The summed E-state index contributed by atoms with van der Waals surface area (Å²) < 4.78 is 14.3. The molecule has 4 N–H and O–H groups in total. The van der Waals surface area contributed by atoms with Crippen LogP contribution in [0.1, 0.15) is 25.7 Å². The summed E-state index contributed by atoms with van der Waals surface area (Å²) in [5.41, 5.74) is 7.86. The first kappa shape index (κ1) is 16.2. The number of H-pyrrole nitrogens is 1. The smallest absolute Gasteiger partial charge is 0.202 e. The number of fused-ring (bicyclic) bond motifs is 1. The fourth-order valence-corrected chi connectivity index (χ4v) is 3.45. The highest BCUT2D eigenvalue weighted by molar-refractivity contribution is 6.31. The van der Waals surface area contributed by atoms with E-state index in [2.05, 4.69) is 25.5 Å². The number of hydrogen-bond acceptors (Lipinski definition) is 5. The van der Waals surface area contributed by atoms with Crippen LogP contribution in [0.25, 0.3) is 22.4 Å². The number of halogens is 2. The lowest BCUT2D eigenvalue weighted by molar-refractivity contribution is 0.403. The summed E-state index contributed by atoms with van der Waals surface area (Å²) in [4.78, 5) is 8.88. The van der Waals surface area contributed by atoms with Crippen LogP contribution < -0.4 is 11.1 Å². The Kier molecular flexibility index (Phi) is 4.27. The third-order valence-corrected chi connectivity index (χ3v) is 4.93. The zero-order valence-corrected chi connectivity index (χ0v) is 14.2. The van der Waals surface area contributed by atoms with Gasteiger partial charge in [-0.2, -0.15) is 5.10 Å². The van der Waals surface area contributed by atoms with E-state index >= 15 is 0 Å². The number of rotatable bonds is 3. The van der Waals surface area contributed by atoms with Crippen LogP contribution in [0.5, 0.6) is 0 Å². The molecule has 0 amide bonds. The van der Waals surface area contributed by atoms with Gasteiger partial charge in [-0.05, 0) is 25.0 Å². The van der Waals surface area contributed by atoms with Gasteiger partial charge in [-0.15, -0.1) is 0 Å². The third kappa shape index (κ3) is 3.05. The lowest BCUT2D eigenvalue weighted by Crippen LogP contribution is -2.42. The van der Waals surface area contributed by atoms with E-state index in [1.165, 1.54) is 6.07 Å². The highest BCUT2D eigenvalue weighted by Crippen LogP contribution is 2.30. The first-order valence-electron chi connectivity index (χ1n) is 8.31. The summed E-state index contributed by atoms with van der Waals surface area (Å²) >= 11 is 5.86. The lowest BCUT2D eigenvalue weighted by Gasteiger charge is -2.29. The second kappa shape index (κ2) is 6.57. The van der Waals surface area contributed by atoms with Crippen molar-refractivity contribution in [2.45, 2.75) is 37.8 Å². The minimum absolute atomic E-state index is 0.0535. The fourth-order valence-electron chi connectivity index (χ4n) is 3.28. The van der Waals surface area contributed by atoms with Gasteiger partial charge in [0, 0.05) is 17.6 Å². The van der Waals surface area contributed by atoms with E-state index in [1.807, 2.05) is 0 Å². The molecule has 2 atom stereocenters. The van der Waals surface area contributed by atoms with Crippen LogP contribution in [0.15, 0.2) is 24.4 Å². The van der Waals surface area contributed by atoms with Crippen LogP contribution in [0.4, 0.5) is 10.2 Å². The van der Waals surface area contributed by atoms with Crippen LogP contribution in [-0.2, 0) is 0 Å². The summed E-state index contributed by atoms with van der Waals surface area (Å²) in [6.45, 7) is 0. The molecule has 4 rings (SSSR count). The molecule has 2 aromatic heterocycles. The molecule has 0 radical (unpaired) electrons. The lowest BCUT2D eigenvalue weighted by atomic mass is 9.91. The molecule has 0 unspecified atom stereocenters. The monoisotopic (exact) mass is 360 g/mol. The van der Waals surface area contributed by atoms with E-state index < -0.39 is 5.82 Å². The molecule has 1 aliphatic rings. The Labute approximate surface area is 149 Å². The summed E-state index contributed by atoms with van der Waals surface area (Å²) in [6, 6.07) is 5.11. The number of benzene rings is 1. The van der Waals surface area contributed by atoms with Crippen molar-refractivity contribution >= 4 is 28.6 Å². The van der Waals surface area contributed by atoms with Gasteiger partial charge in [0.05, 0.1) is 16.9 Å². The van der Waals surface area contributed by atoms with Crippen molar-refractivity contribution in [2.24, 2.45) is 5.73 Å². The van der Waals surface area contributed by atoms with Crippen LogP contribution in [0.3, 0.4) is 0 Å². The number of aromatic nitrogens is 4. The predicted molar refractivity (Wildman–Crippen MR) is 95.9 cm³/mol.